The van der Waals surface area contributed by atoms with E-state index in [1.54, 1.807) is 48.5 Å². The standard InChI is InChI=1S/C19H14N4O5/c1-27-15-9-5-8-14(12-15)21-18(16-10-11-17(28-16)23(25)26)20-22(19(21)24)13-6-3-2-4-7-13/h2-12H,1H3. The summed E-state index contributed by atoms with van der Waals surface area (Å²) >= 11 is 0. The summed E-state index contributed by atoms with van der Waals surface area (Å²) in [5.74, 6) is 0.346. The SMILES string of the molecule is COc1cccc(-n2c(-c3ccc([N+](=O)[O-])o3)nn(-c3ccccc3)c2=O)c1. The van der Waals surface area contributed by atoms with Gasteiger partial charge in [0.15, 0.2) is 5.76 Å². The molecular formula is C19H14N4O5. The van der Waals surface area contributed by atoms with E-state index >= 15 is 0 Å². The predicted octanol–water partition coefficient (Wildman–Crippen LogP) is 3.20. The van der Waals surface area contributed by atoms with Crippen LogP contribution < -0.4 is 10.4 Å². The molecule has 0 radical (unpaired) electrons. The highest BCUT2D eigenvalue weighted by Crippen LogP contribution is 2.27. The molecule has 4 rings (SSSR count). The number of aromatic nitrogens is 3. The molecule has 9 nitrogen and oxygen atoms in total. The second-order valence-corrected chi connectivity index (χ2v) is 5.79. The molecule has 0 aliphatic rings. The topological polar surface area (TPSA) is 105 Å². The van der Waals surface area contributed by atoms with Gasteiger partial charge >= 0.3 is 11.6 Å². The Bertz CT molecular complexity index is 1210. The fourth-order valence-electron chi connectivity index (χ4n) is 2.79. The van der Waals surface area contributed by atoms with E-state index in [4.69, 9.17) is 9.15 Å². The highest BCUT2D eigenvalue weighted by Gasteiger charge is 2.23. The van der Waals surface area contributed by atoms with Crippen LogP contribution in [0.1, 0.15) is 0 Å². The molecule has 0 unspecified atom stereocenters. The molecule has 0 spiro atoms. The number of furan rings is 1. The largest absolute Gasteiger partial charge is 0.497 e. The number of nitrogens with zero attached hydrogens (tertiary/aromatic N) is 4. The Balaban J connectivity index is 1.97. The number of para-hydroxylation sites is 1. The third-order valence-electron chi connectivity index (χ3n) is 4.08. The molecule has 2 heterocycles. The van der Waals surface area contributed by atoms with E-state index in [2.05, 4.69) is 5.10 Å². The molecule has 0 saturated carbocycles. The van der Waals surface area contributed by atoms with Gasteiger partial charge < -0.3 is 9.15 Å². The van der Waals surface area contributed by atoms with Gasteiger partial charge in [-0.25, -0.2) is 9.36 Å². The first-order valence-corrected chi connectivity index (χ1v) is 8.25. The van der Waals surface area contributed by atoms with Gasteiger partial charge in [-0.1, -0.05) is 24.3 Å². The van der Waals surface area contributed by atoms with Crippen molar-refractivity contribution in [3.63, 3.8) is 0 Å². The van der Waals surface area contributed by atoms with Gasteiger partial charge in [-0.3, -0.25) is 10.1 Å². The zero-order valence-electron chi connectivity index (χ0n) is 14.7. The zero-order valence-corrected chi connectivity index (χ0v) is 14.7. The first-order chi connectivity index (χ1) is 13.6. The molecule has 28 heavy (non-hydrogen) atoms. The van der Waals surface area contributed by atoms with Crippen LogP contribution in [0, 0.1) is 10.1 Å². The lowest BCUT2D eigenvalue weighted by molar-refractivity contribution is -0.401. The van der Waals surface area contributed by atoms with Gasteiger partial charge in [0.05, 0.1) is 24.6 Å². The average Bonchev–Trinajstić information content (AvgIpc) is 3.33. The van der Waals surface area contributed by atoms with Crippen molar-refractivity contribution in [1.29, 1.82) is 0 Å². The summed E-state index contributed by atoms with van der Waals surface area (Å²) in [5.41, 5.74) is 0.588. The number of ether oxygens (including phenoxy) is 1. The minimum Gasteiger partial charge on any atom is -0.497 e. The Morgan fingerprint density at radius 3 is 2.46 bits per heavy atom. The number of rotatable bonds is 5. The number of benzene rings is 2. The van der Waals surface area contributed by atoms with Crippen LogP contribution in [-0.4, -0.2) is 26.4 Å². The Kier molecular flexibility index (Phi) is 4.24. The maximum Gasteiger partial charge on any atom is 0.433 e. The quantitative estimate of drug-likeness (QED) is 0.390. The van der Waals surface area contributed by atoms with Crippen molar-refractivity contribution in [2.24, 2.45) is 0 Å². The van der Waals surface area contributed by atoms with Crippen LogP contribution >= 0.6 is 0 Å². The lowest BCUT2D eigenvalue weighted by Gasteiger charge is -2.06. The lowest BCUT2D eigenvalue weighted by Crippen LogP contribution is -2.22. The Morgan fingerprint density at radius 1 is 1.04 bits per heavy atom. The molecule has 0 atom stereocenters. The third kappa shape index (κ3) is 2.94. The molecule has 4 aromatic rings. The predicted molar refractivity (Wildman–Crippen MR) is 100 cm³/mol. The van der Waals surface area contributed by atoms with Crippen molar-refractivity contribution in [3.05, 3.63) is 87.3 Å². The summed E-state index contributed by atoms with van der Waals surface area (Å²) in [6.07, 6.45) is 0. The minimum absolute atomic E-state index is 0.0984. The molecule has 0 aliphatic carbocycles. The highest BCUT2D eigenvalue weighted by atomic mass is 16.6. The van der Waals surface area contributed by atoms with E-state index in [1.807, 2.05) is 6.07 Å². The van der Waals surface area contributed by atoms with Crippen LogP contribution in [0.4, 0.5) is 5.88 Å². The minimum atomic E-state index is -0.647. The molecule has 0 amide bonds. The molecule has 2 aromatic heterocycles. The van der Waals surface area contributed by atoms with Crippen LogP contribution in [0.15, 0.2) is 75.9 Å². The van der Waals surface area contributed by atoms with E-state index in [1.165, 1.54) is 28.5 Å². The molecule has 0 N–H and O–H groups in total. The van der Waals surface area contributed by atoms with Gasteiger partial charge in [-0.05, 0) is 30.3 Å². The summed E-state index contributed by atoms with van der Waals surface area (Å²) in [5, 5.41) is 15.3. The Hall–Kier alpha value is -4.14. The van der Waals surface area contributed by atoms with Crippen molar-refractivity contribution >= 4 is 5.88 Å². The summed E-state index contributed by atoms with van der Waals surface area (Å²) < 4.78 is 13.1. The summed E-state index contributed by atoms with van der Waals surface area (Å²) in [4.78, 5) is 23.5. The van der Waals surface area contributed by atoms with Crippen LogP contribution in [0.5, 0.6) is 5.75 Å². The van der Waals surface area contributed by atoms with Crippen LogP contribution in [0.25, 0.3) is 23.0 Å². The summed E-state index contributed by atoms with van der Waals surface area (Å²) in [7, 11) is 1.52. The average molecular weight is 378 g/mol. The maximum atomic E-state index is 13.2. The van der Waals surface area contributed by atoms with Crippen LogP contribution in [0.2, 0.25) is 0 Å². The molecule has 0 bridgehead atoms. The molecule has 140 valence electrons. The number of hydrogen-bond donors (Lipinski definition) is 0. The van der Waals surface area contributed by atoms with E-state index in [9.17, 15) is 14.9 Å². The molecular weight excluding hydrogens is 364 g/mol. The first kappa shape index (κ1) is 17.3. The molecule has 9 heteroatoms. The molecule has 0 fully saturated rings. The van der Waals surface area contributed by atoms with Gasteiger partial charge in [-0.15, -0.1) is 5.10 Å². The normalized spacial score (nSPS) is 10.8. The van der Waals surface area contributed by atoms with Gasteiger partial charge in [0, 0.05) is 6.07 Å². The van der Waals surface area contributed by atoms with E-state index in [-0.39, 0.29) is 11.6 Å². The highest BCUT2D eigenvalue weighted by molar-refractivity contribution is 5.55. The first-order valence-electron chi connectivity index (χ1n) is 8.25. The van der Waals surface area contributed by atoms with Crippen molar-refractivity contribution in [2.45, 2.75) is 0 Å². The maximum absolute atomic E-state index is 13.2. The van der Waals surface area contributed by atoms with Crippen LogP contribution in [0.3, 0.4) is 0 Å². The fraction of sp³-hybridized carbons (Fsp3) is 0.0526. The Morgan fingerprint density at radius 2 is 1.79 bits per heavy atom. The Labute approximate surface area is 158 Å². The fourth-order valence-corrected chi connectivity index (χ4v) is 2.79. The number of nitro groups is 1. The second-order valence-electron chi connectivity index (χ2n) is 5.79. The van der Waals surface area contributed by atoms with Gasteiger partial charge in [0.1, 0.15) is 10.7 Å². The lowest BCUT2D eigenvalue weighted by atomic mass is 10.3. The smallest absolute Gasteiger partial charge is 0.433 e. The zero-order chi connectivity index (χ0) is 19.7. The van der Waals surface area contributed by atoms with E-state index in [0.717, 1.165) is 0 Å². The van der Waals surface area contributed by atoms with E-state index < -0.39 is 16.5 Å². The molecule has 0 saturated heterocycles. The van der Waals surface area contributed by atoms with Crippen LogP contribution in [-0.2, 0) is 0 Å². The van der Waals surface area contributed by atoms with Gasteiger partial charge in [0.2, 0.25) is 5.82 Å². The van der Waals surface area contributed by atoms with Crippen molar-refractivity contribution in [3.8, 4) is 28.7 Å². The van der Waals surface area contributed by atoms with Gasteiger partial charge in [-0.2, -0.15) is 4.68 Å². The molecule has 2 aromatic carbocycles. The summed E-state index contributed by atoms with van der Waals surface area (Å²) in [6, 6.07) is 18.3. The number of hydrogen-bond acceptors (Lipinski definition) is 6. The van der Waals surface area contributed by atoms with Gasteiger partial charge in [0.25, 0.3) is 0 Å². The summed E-state index contributed by atoms with van der Waals surface area (Å²) in [6.45, 7) is 0. The second kappa shape index (κ2) is 6.88. The monoisotopic (exact) mass is 378 g/mol. The van der Waals surface area contributed by atoms with Crippen molar-refractivity contribution < 1.29 is 14.1 Å². The number of methoxy groups -OCH3 is 1. The third-order valence-corrected chi connectivity index (χ3v) is 4.08. The molecule has 0 aliphatic heterocycles. The van der Waals surface area contributed by atoms with Crippen molar-refractivity contribution in [2.75, 3.05) is 7.11 Å². The van der Waals surface area contributed by atoms with E-state index in [0.29, 0.717) is 17.1 Å². The van der Waals surface area contributed by atoms with Crippen molar-refractivity contribution in [1.82, 2.24) is 14.3 Å².